The number of methoxy groups -OCH3 is 1. The zero-order valence-electron chi connectivity index (χ0n) is 9.13. The van der Waals surface area contributed by atoms with Crippen LogP contribution in [-0.4, -0.2) is 33.4 Å². The number of nitrogens with one attached hydrogen (secondary N) is 1. The standard InChI is InChI=1S/C11H15Br2NO2/c1-15-7-5-14-6-8-16-11-9(12)3-2-4-10(11)13/h2-4,14H,5-8H2,1H3. The Labute approximate surface area is 113 Å². The summed E-state index contributed by atoms with van der Waals surface area (Å²) in [6.07, 6.45) is 0. The van der Waals surface area contributed by atoms with Crippen LogP contribution in [0.25, 0.3) is 0 Å². The highest BCUT2D eigenvalue weighted by atomic mass is 79.9. The monoisotopic (exact) mass is 351 g/mol. The average molecular weight is 353 g/mol. The van der Waals surface area contributed by atoms with Crippen molar-refractivity contribution in [2.75, 3.05) is 33.4 Å². The number of ether oxygens (including phenoxy) is 2. The van der Waals surface area contributed by atoms with Gasteiger partial charge in [0.05, 0.1) is 15.6 Å². The number of para-hydroxylation sites is 1. The molecular formula is C11H15Br2NO2. The summed E-state index contributed by atoms with van der Waals surface area (Å²) in [5, 5.41) is 3.21. The zero-order chi connectivity index (χ0) is 11.8. The van der Waals surface area contributed by atoms with Gasteiger partial charge in [0, 0.05) is 20.2 Å². The third-order valence-electron chi connectivity index (χ3n) is 1.93. The third kappa shape index (κ3) is 4.82. The fraction of sp³-hybridized carbons (Fsp3) is 0.455. The molecule has 0 aliphatic rings. The van der Waals surface area contributed by atoms with Crippen molar-refractivity contribution >= 4 is 31.9 Å². The van der Waals surface area contributed by atoms with Crippen LogP contribution in [0.4, 0.5) is 0 Å². The van der Waals surface area contributed by atoms with Crippen LogP contribution in [0, 0.1) is 0 Å². The Morgan fingerprint density at radius 1 is 1.12 bits per heavy atom. The molecule has 0 unspecified atom stereocenters. The normalized spacial score (nSPS) is 10.4. The van der Waals surface area contributed by atoms with E-state index in [1.165, 1.54) is 0 Å². The summed E-state index contributed by atoms with van der Waals surface area (Å²) in [6.45, 7) is 3.00. The Bertz CT molecular complexity index is 301. The molecule has 0 radical (unpaired) electrons. The van der Waals surface area contributed by atoms with E-state index in [1.807, 2.05) is 18.2 Å². The minimum atomic E-state index is 0.630. The molecule has 0 amide bonds. The Balaban J connectivity index is 2.26. The SMILES string of the molecule is COCCNCCOc1c(Br)cccc1Br. The van der Waals surface area contributed by atoms with Crippen molar-refractivity contribution in [3.63, 3.8) is 0 Å². The fourth-order valence-electron chi connectivity index (χ4n) is 1.14. The molecule has 3 nitrogen and oxygen atoms in total. The van der Waals surface area contributed by atoms with Gasteiger partial charge in [-0.25, -0.2) is 0 Å². The molecule has 0 saturated heterocycles. The van der Waals surface area contributed by atoms with Gasteiger partial charge in [0.2, 0.25) is 0 Å². The second kappa shape index (κ2) is 8.06. The lowest BCUT2D eigenvalue weighted by molar-refractivity contribution is 0.196. The first kappa shape index (κ1) is 14.0. The van der Waals surface area contributed by atoms with Crippen molar-refractivity contribution in [2.24, 2.45) is 0 Å². The molecule has 90 valence electrons. The van der Waals surface area contributed by atoms with Gasteiger partial charge in [-0.15, -0.1) is 0 Å². The molecule has 16 heavy (non-hydrogen) atoms. The van der Waals surface area contributed by atoms with E-state index in [0.29, 0.717) is 6.61 Å². The molecule has 0 spiro atoms. The highest BCUT2D eigenvalue weighted by Gasteiger charge is 2.04. The average Bonchev–Trinajstić information content (AvgIpc) is 2.26. The molecule has 0 aromatic heterocycles. The second-order valence-electron chi connectivity index (χ2n) is 3.14. The Morgan fingerprint density at radius 2 is 1.75 bits per heavy atom. The van der Waals surface area contributed by atoms with Crippen molar-refractivity contribution in [2.45, 2.75) is 0 Å². The van der Waals surface area contributed by atoms with Crippen LogP contribution in [-0.2, 0) is 4.74 Å². The van der Waals surface area contributed by atoms with E-state index in [1.54, 1.807) is 7.11 Å². The zero-order valence-corrected chi connectivity index (χ0v) is 12.3. The largest absolute Gasteiger partial charge is 0.490 e. The lowest BCUT2D eigenvalue weighted by Gasteiger charge is -2.10. The van der Waals surface area contributed by atoms with Gasteiger partial charge in [-0.3, -0.25) is 0 Å². The van der Waals surface area contributed by atoms with Gasteiger partial charge < -0.3 is 14.8 Å². The molecule has 1 aromatic carbocycles. The molecule has 0 fully saturated rings. The number of rotatable bonds is 7. The molecule has 0 aliphatic carbocycles. The van der Waals surface area contributed by atoms with Crippen LogP contribution in [0.3, 0.4) is 0 Å². The molecule has 0 aliphatic heterocycles. The predicted molar refractivity (Wildman–Crippen MR) is 72.1 cm³/mol. The molecule has 0 saturated carbocycles. The van der Waals surface area contributed by atoms with Crippen LogP contribution in [0.1, 0.15) is 0 Å². The summed E-state index contributed by atoms with van der Waals surface area (Å²) in [5.74, 6) is 0.844. The number of hydrogen-bond acceptors (Lipinski definition) is 3. The Morgan fingerprint density at radius 3 is 2.38 bits per heavy atom. The Hall–Kier alpha value is -0.100. The first-order valence-electron chi connectivity index (χ1n) is 5.02. The summed E-state index contributed by atoms with van der Waals surface area (Å²) in [5.41, 5.74) is 0. The third-order valence-corrected chi connectivity index (χ3v) is 3.18. The number of halogens is 2. The summed E-state index contributed by atoms with van der Waals surface area (Å²) < 4.78 is 12.5. The fourth-order valence-corrected chi connectivity index (χ4v) is 2.37. The summed E-state index contributed by atoms with van der Waals surface area (Å²) in [6, 6.07) is 5.87. The van der Waals surface area contributed by atoms with Crippen LogP contribution in [0.5, 0.6) is 5.75 Å². The molecule has 0 atom stereocenters. The number of hydrogen-bond donors (Lipinski definition) is 1. The van der Waals surface area contributed by atoms with Crippen LogP contribution in [0.15, 0.2) is 27.1 Å². The van der Waals surface area contributed by atoms with E-state index < -0.39 is 0 Å². The topological polar surface area (TPSA) is 30.5 Å². The van der Waals surface area contributed by atoms with E-state index in [2.05, 4.69) is 37.2 Å². The molecule has 0 bridgehead atoms. The molecule has 1 rings (SSSR count). The summed E-state index contributed by atoms with van der Waals surface area (Å²) >= 11 is 6.89. The lowest BCUT2D eigenvalue weighted by Crippen LogP contribution is -2.24. The van der Waals surface area contributed by atoms with Crippen molar-refractivity contribution in [3.8, 4) is 5.75 Å². The summed E-state index contributed by atoms with van der Waals surface area (Å²) in [4.78, 5) is 0. The van der Waals surface area contributed by atoms with E-state index >= 15 is 0 Å². The maximum absolute atomic E-state index is 5.65. The maximum Gasteiger partial charge on any atom is 0.147 e. The quantitative estimate of drug-likeness (QED) is 0.765. The van der Waals surface area contributed by atoms with Gasteiger partial charge in [0.25, 0.3) is 0 Å². The van der Waals surface area contributed by atoms with Gasteiger partial charge in [-0.05, 0) is 44.0 Å². The highest BCUT2D eigenvalue weighted by Crippen LogP contribution is 2.32. The van der Waals surface area contributed by atoms with Gasteiger partial charge >= 0.3 is 0 Å². The van der Waals surface area contributed by atoms with Crippen molar-refractivity contribution in [1.29, 1.82) is 0 Å². The first-order valence-corrected chi connectivity index (χ1v) is 6.60. The predicted octanol–water partition coefficient (Wildman–Crippen LogP) is 2.83. The smallest absolute Gasteiger partial charge is 0.147 e. The number of benzene rings is 1. The van der Waals surface area contributed by atoms with Crippen LogP contribution in [0.2, 0.25) is 0 Å². The minimum absolute atomic E-state index is 0.630. The molecule has 1 N–H and O–H groups in total. The van der Waals surface area contributed by atoms with Crippen molar-refractivity contribution < 1.29 is 9.47 Å². The van der Waals surface area contributed by atoms with Crippen molar-refractivity contribution in [3.05, 3.63) is 27.1 Å². The Kier molecular flexibility index (Phi) is 7.03. The highest BCUT2D eigenvalue weighted by molar-refractivity contribution is 9.11. The molecule has 5 heteroatoms. The van der Waals surface area contributed by atoms with Crippen molar-refractivity contribution in [1.82, 2.24) is 5.32 Å². The second-order valence-corrected chi connectivity index (χ2v) is 4.85. The van der Waals surface area contributed by atoms with Gasteiger partial charge in [0.1, 0.15) is 12.4 Å². The van der Waals surface area contributed by atoms with Gasteiger partial charge in [-0.1, -0.05) is 6.07 Å². The van der Waals surface area contributed by atoms with E-state index in [4.69, 9.17) is 9.47 Å². The molecule has 0 heterocycles. The van der Waals surface area contributed by atoms with E-state index in [-0.39, 0.29) is 0 Å². The van der Waals surface area contributed by atoms with Gasteiger partial charge in [0.15, 0.2) is 0 Å². The maximum atomic E-state index is 5.65. The molecular weight excluding hydrogens is 338 g/mol. The minimum Gasteiger partial charge on any atom is -0.490 e. The molecule has 1 aromatic rings. The van der Waals surface area contributed by atoms with E-state index in [0.717, 1.165) is 34.4 Å². The van der Waals surface area contributed by atoms with E-state index in [9.17, 15) is 0 Å². The van der Waals surface area contributed by atoms with Gasteiger partial charge in [-0.2, -0.15) is 0 Å². The first-order chi connectivity index (χ1) is 7.75. The summed E-state index contributed by atoms with van der Waals surface area (Å²) in [7, 11) is 1.69. The van der Waals surface area contributed by atoms with Crippen LogP contribution < -0.4 is 10.1 Å². The lowest BCUT2D eigenvalue weighted by atomic mass is 10.3. The van der Waals surface area contributed by atoms with Crippen LogP contribution >= 0.6 is 31.9 Å².